The first-order chi connectivity index (χ1) is 12.4. The van der Waals surface area contributed by atoms with Crippen molar-refractivity contribution in [3.8, 4) is 17.1 Å². The Balaban J connectivity index is 1.53. The fraction of sp³-hybridized carbons (Fsp3) is 0.0556. The van der Waals surface area contributed by atoms with Crippen LogP contribution < -0.4 is 0 Å². The van der Waals surface area contributed by atoms with Gasteiger partial charge in [0.1, 0.15) is 11.3 Å². The standard InChI is InChI=1S/C18H14N6S/c1-4-13(10-14(5-1)23-8-3-7-19-23)17-21-16-11-20-24(18(16)22-17)12-15-6-2-9-25-15/h1-11H,12H2,(H,21,22). The summed E-state index contributed by atoms with van der Waals surface area (Å²) in [5.74, 6) is 0.835. The normalized spacial score (nSPS) is 11.4. The Morgan fingerprint density at radius 3 is 2.92 bits per heavy atom. The summed E-state index contributed by atoms with van der Waals surface area (Å²) in [6.45, 7) is 0.735. The maximum atomic E-state index is 4.77. The van der Waals surface area contributed by atoms with Gasteiger partial charge in [-0.25, -0.2) is 14.3 Å². The number of imidazole rings is 1. The molecule has 0 radical (unpaired) electrons. The van der Waals surface area contributed by atoms with Crippen molar-refractivity contribution in [3.63, 3.8) is 0 Å². The Labute approximate surface area is 147 Å². The van der Waals surface area contributed by atoms with E-state index >= 15 is 0 Å². The highest BCUT2D eigenvalue weighted by Gasteiger charge is 2.12. The number of rotatable bonds is 4. The molecule has 0 saturated heterocycles. The third-order valence-electron chi connectivity index (χ3n) is 4.06. The third-order valence-corrected chi connectivity index (χ3v) is 4.92. The number of thiophene rings is 1. The number of aromatic nitrogens is 6. The molecule has 5 rings (SSSR count). The monoisotopic (exact) mass is 346 g/mol. The van der Waals surface area contributed by atoms with Crippen LogP contribution in [0.3, 0.4) is 0 Å². The molecule has 0 unspecified atom stereocenters. The number of H-pyrrole nitrogens is 1. The van der Waals surface area contributed by atoms with E-state index in [0.29, 0.717) is 0 Å². The largest absolute Gasteiger partial charge is 0.335 e. The van der Waals surface area contributed by atoms with Gasteiger partial charge in [-0.1, -0.05) is 18.2 Å². The Kier molecular flexibility index (Phi) is 3.24. The van der Waals surface area contributed by atoms with Gasteiger partial charge in [0.05, 0.1) is 18.4 Å². The van der Waals surface area contributed by atoms with Gasteiger partial charge in [-0.3, -0.25) is 0 Å². The lowest BCUT2D eigenvalue weighted by molar-refractivity contribution is 0.713. The van der Waals surface area contributed by atoms with Gasteiger partial charge in [-0.2, -0.15) is 10.2 Å². The van der Waals surface area contributed by atoms with Crippen molar-refractivity contribution >= 4 is 22.5 Å². The molecule has 5 aromatic rings. The summed E-state index contributed by atoms with van der Waals surface area (Å²) in [6.07, 6.45) is 5.53. The van der Waals surface area contributed by atoms with Gasteiger partial charge < -0.3 is 4.98 Å². The zero-order valence-electron chi connectivity index (χ0n) is 13.2. The molecule has 7 heteroatoms. The zero-order valence-corrected chi connectivity index (χ0v) is 14.0. The summed E-state index contributed by atoms with van der Waals surface area (Å²) in [5.41, 5.74) is 3.83. The minimum Gasteiger partial charge on any atom is -0.335 e. The van der Waals surface area contributed by atoms with Crippen molar-refractivity contribution in [2.24, 2.45) is 0 Å². The molecule has 0 spiro atoms. The zero-order chi connectivity index (χ0) is 16.6. The highest BCUT2D eigenvalue weighted by Crippen LogP contribution is 2.23. The van der Waals surface area contributed by atoms with E-state index in [9.17, 15) is 0 Å². The maximum Gasteiger partial charge on any atom is 0.177 e. The predicted octanol–water partition coefficient (Wildman–Crippen LogP) is 3.72. The molecule has 4 aromatic heterocycles. The molecule has 0 aliphatic carbocycles. The van der Waals surface area contributed by atoms with Crippen molar-refractivity contribution in [1.29, 1.82) is 0 Å². The van der Waals surface area contributed by atoms with Crippen LogP contribution in [0.25, 0.3) is 28.2 Å². The van der Waals surface area contributed by atoms with Crippen molar-refractivity contribution in [1.82, 2.24) is 29.5 Å². The Morgan fingerprint density at radius 1 is 1.08 bits per heavy atom. The molecule has 25 heavy (non-hydrogen) atoms. The number of fused-ring (bicyclic) bond motifs is 1. The Bertz CT molecular complexity index is 1120. The molecule has 0 saturated carbocycles. The lowest BCUT2D eigenvalue weighted by atomic mass is 10.2. The van der Waals surface area contributed by atoms with Gasteiger partial charge in [0.2, 0.25) is 0 Å². The highest BCUT2D eigenvalue weighted by atomic mass is 32.1. The van der Waals surface area contributed by atoms with Crippen LogP contribution >= 0.6 is 11.3 Å². The highest BCUT2D eigenvalue weighted by molar-refractivity contribution is 7.09. The molecule has 0 amide bonds. The summed E-state index contributed by atoms with van der Waals surface area (Å²) in [4.78, 5) is 9.39. The van der Waals surface area contributed by atoms with Crippen molar-refractivity contribution in [2.45, 2.75) is 6.54 Å². The fourth-order valence-corrected chi connectivity index (χ4v) is 3.55. The molecule has 1 aromatic carbocycles. The lowest BCUT2D eigenvalue weighted by Crippen LogP contribution is -2.00. The van der Waals surface area contributed by atoms with Crippen molar-refractivity contribution in [2.75, 3.05) is 0 Å². The molecule has 0 aliphatic heterocycles. The van der Waals surface area contributed by atoms with E-state index in [2.05, 4.69) is 38.8 Å². The molecular formula is C18H14N6S. The van der Waals surface area contributed by atoms with E-state index in [0.717, 1.165) is 34.8 Å². The summed E-state index contributed by atoms with van der Waals surface area (Å²) in [6, 6.07) is 14.2. The summed E-state index contributed by atoms with van der Waals surface area (Å²) in [7, 11) is 0. The molecule has 6 nitrogen and oxygen atoms in total. The number of aromatic amines is 1. The lowest BCUT2D eigenvalue weighted by Gasteiger charge is -2.03. The van der Waals surface area contributed by atoms with Gasteiger partial charge in [0.25, 0.3) is 0 Å². The van der Waals surface area contributed by atoms with Gasteiger partial charge in [0.15, 0.2) is 5.65 Å². The van der Waals surface area contributed by atoms with Crippen LogP contribution in [0.2, 0.25) is 0 Å². The van der Waals surface area contributed by atoms with E-state index in [1.165, 1.54) is 4.88 Å². The number of nitrogens with one attached hydrogen (secondary N) is 1. The fourth-order valence-electron chi connectivity index (χ4n) is 2.87. The number of nitrogens with zero attached hydrogens (tertiary/aromatic N) is 5. The second-order valence-corrected chi connectivity index (χ2v) is 6.74. The van der Waals surface area contributed by atoms with Crippen LogP contribution in [-0.2, 0) is 6.54 Å². The van der Waals surface area contributed by atoms with Crippen LogP contribution in [0.5, 0.6) is 0 Å². The van der Waals surface area contributed by atoms with E-state index in [4.69, 9.17) is 4.98 Å². The van der Waals surface area contributed by atoms with Crippen molar-refractivity contribution in [3.05, 3.63) is 71.3 Å². The number of benzene rings is 1. The average molecular weight is 346 g/mol. The van der Waals surface area contributed by atoms with Gasteiger partial charge in [0, 0.05) is 22.8 Å². The molecule has 0 aliphatic rings. The van der Waals surface area contributed by atoms with E-state index in [1.807, 2.05) is 46.0 Å². The van der Waals surface area contributed by atoms with Crippen LogP contribution in [-0.4, -0.2) is 29.5 Å². The summed E-state index contributed by atoms with van der Waals surface area (Å²) >= 11 is 1.72. The molecule has 122 valence electrons. The molecule has 0 fully saturated rings. The summed E-state index contributed by atoms with van der Waals surface area (Å²) in [5, 5.41) is 10.8. The SMILES string of the molecule is c1cc(-c2nc3c(cnn3Cc3cccs3)[nH]2)cc(-n2cccn2)c1. The van der Waals surface area contributed by atoms with E-state index < -0.39 is 0 Å². The first-order valence-corrected chi connectivity index (χ1v) is 8.79. The predicted molar refractivity (Wildman–Crippen MR) is 97.9 cm³/mol. The number of hydrogen-bond donors (Lipinski definition) is 1. The maximum absolute atomic E-state index is 4.77. The minimum absolute atomic E-state index is 0.735. The molecule has 4 heterocycles. The second kappa shape index (κ2) is 5.71. The Hall–Kier alpha value is -3.19. The minimum atomic E-state index is 0.735. The first-order valence-electron chi connectivity index (χ1n) is 7.91. The van der Waals surface area contributed by atoms with E-state index in [-0.39, 0.29) is 0 Å². The van der Waals surface area contributed by atoms with Crippen LogP contribution in [0.15, 0.2) is 66.4 Å². The third kappa shape index (κ3) is 2.54. The van der Waals surface area contributed by atoms with Gasteiger partial charge in [-0.15, -0.1) is 11.3 Å². The Morgan fingerprint density at radius 2 is 2.08 bits per heavy atom. The van der Waals surface area contributed by atoms with Crippen LogP contribution in [0.1, 0.15) is 4.88 Å². The van der Waals surface area contributed by atoms with Gasteiger partial charge in [-0.05, 0) is 29.6 Å². The van der Waals surface area contributed by atoms with Crippen LogP contribution in [0, 0.1) is 0 Å². The van der Waals surface area contributed by atoms with E-state index in [1.54, 1.807) is 17.5 Å². The first kappa shape index (κ1) is 14.2. The second-order valence-electron chi connectivity index (χ2n) is 5.71. The molecule has 0 bridgehead atoms. The van der Waals surface area contributed by atoms with Crippen LogP contribution in [0.4, 0.5) is 0 Å². The number of hydrogen-bond acceptors (Lipinski definition) is 4. The smallest absolute Gasteiger partial charge is 0.177 e. The topological polar surface area (TPSA) is 64.3 Å². The quantitative estimate of drug-likeness (QED) is 0.539. The average Bonchev–Trinajstić information content (AvgIpc) is 3.42. The van der Waals surface area contributed by atoms with Gasteiger partial charge >= 0.3 is 0 Å². The molecular weight excluding hydrogens is 332 g/mol. The summed E-state index contributed by atoms with van der Waals surface area (Å²) < 4.78 is 3.77. The molecule has 0 atom stereocenters. The van der Waals surface area contributed by atoms with Crippen molar-refractivity contribution < 1.29 is 0 Å². The molecule has 1 N–H and O–H groups in total.